The van der Waals surface area contributed by atoms with Gasteiger partial charge in [0.1, 0.15) is 19.3 Å². The zero-order chi connectivity index (χ0) is 66.1. The molecule has 3 N–H and O–H groups in total. The van der Waals surface area contributed by atoms with Gasteiger partial charge in [-0.15, -0.1) is 0 Å². The molecule has 6 atom stereocenters. The molecule has 0 aromatic rings. The van der Waals surface area contributed by atoms with Gasteiger partial charge in [-0.2, -0.15) is 0 Å². The zero-order valence-corrected chi connectivity index (χ0v) is 59.8. The maximum atomic E-state index is 13.0. The van der Waals surface area contributed by atoms with Gasteiger partial charge in [0.15, 0.2) is 12.2 Å². The Morgan fingerprint density at radius 3 is 0.798 bits per heavy atom. The van der Waals surface area contributed by atoms with Crippen LogP contribution in [0.5, 0.6) is 0 Å². The first-order valence-electron chi connectivity index (χ1n) is 36.2. The highest BCUT2D eigenvalue weighted by molar-refractivity contribution is 7.47. The number of aliphatic hydroxyl groups is 1. The standard InChI is InChI=1S/C70H136O17P2/c1-9-63(8)49-41-33-25-19-20-26-34-42-50-67(72)80-56-65(86-69(74)52-44-36-27-17-13-11-10-12-15-22-30-38-46-60(2)3)58-84-88(76,77)82-54-64(71)55-83-89(78,79)85-59-66(57-81-68(73)51-43-35-29-21-24-32-40-48-62(6)7)87-70(75)53-45-37-28-18-14-16-23-31-39-47-61(4)5/h60-66,71H,9-59H2,1-8H3,(H,76,77)(H,78,79)/t63?,64?,65-,66-/m1/s1. The lowest BCUT2D eigenvalue weighted by Crippen LogP contribution is -2.30. The normalized spacial score (nSPS) is 14.6. The van der Waals surface area contributed by atoms with Crippen LogP contribution < -0.4 is 0 Å². The molecule has 528 valence electrons. The molecule has 0 fully saturated rings. The minimum Gasteiger partial charge on any atom is -0.462 e. The summed E-state index contributed by atoms with van der Waals surface area (Å²) in [4.78, 5) is 72.5. The second-order valence-electron chi connectivity index (χ2n) is 26.9. The second kappa shape index (κ2) is 59.8. The zero-order valence-electron chi connectivity index (χ0n) is 58.1. The van der Waals surface area contributed by atoms with Crippen molar-refractivity contribution in [2.45, 2.75) is 363 Å². The minimum absolute atomic E-state index is 0.104. The number of hydrogen-bond acceptors (Lipinski definition) is 15. The van der Waals surface area contributed by atoms with Crippen LogP contribution in [0.15, 0.2) is 0 Å². The summed E-state index contributed by atoms with van der Waals surface area (Å²) in [7, 11) is -9.90. The first-order valence-corrected chi connectivity index (χ1v) is 39.2. The first-order chi connectivity index (χ1) is 42.6. The highest BCUT2D eigenvalue weighted by Gasteiger charge is 2.30. The molecule has 0 saturated carbocycles. The summed E-state index contributed by atoms with van der Waals surface area (Å²) in [6.07, 6.45) is 41.7. The van der Waals surface area contributed by atoms with Gasteiger partial charge in [0.25, 0.3) is 0 Å². The monoisotopic (exact) mass is 1310 g/mol. The minimum atomic E-state index is -4.95. The van der Waals surface area contributed by atoms with E-state index in [1.54, 1.807) is 0 Å². The average Bonchev–Trinajstić information content (AvgIpc) is 3.68. The molecule has 0 aliphatic rings. The maximum Gasteiger partial charge on any atom is 0.472 e. The number of hydrogen-bond donors (Lipinski definition) is 3. The molecular formula is C70H136O17P2. The fraction of sp³-hybridized carbons (Fsp3) is 0.943. The van der Waals surface area contributed by atoms with Gasteiger partial charge in [-0.3, -0.25) is 37.3 Å². The van der Waals surface area contributed by atoms with E-state index >= 15 is 0 Å². The highest BCUT2D eigenvalue weighted by atomic mass is 31.2. The van der Waals surface area contributed by atoms with E-state index in [2.05, 4.69) is 55.4 Å². The molecule has 0 aliphatic heterocycles. The molecule has 0 radical (unpaired) electrons. The molecule has 0 bridgehead atoms. The second-order valence-corrected chi connectivity index (χ2v) is 29.8. The number of carbonyl (C=O) groups excluding carboxylic acids is 4. The highest BCUT2D eigenvalue weighted by Crippen LogP contribution is 2.45. The Hall–Kier alpha value is -1.94. The fourth-order valence-corrected chi connectivity index (χ4v) is 12.0. The summed E-state index contributed by atoms with van der Waals surface area (Å²) in [5.74, 6) is 0.865. The lowest BCUT2D eigenvalue weighted by molar-refractivity contribution is -0.161. The summed E-state index contributed by atoms with van der Waals surface area (Å²) >= 11 is 0. The predicted molar refractivity (Wildman–Crippen MR) is 358 cm³/mol. The molecule has 0 aromatic carbocycles. The van der Waals surface area contributed by atoms with Crippen molar-refractivity contribution in [3.8, 4) is 0 Å². The largest absolute Gasteiger partial charge is 0.472 e. The van der Waals surface area contributed by atoms with Crippen molar-refractivity contribution in [1.82, 2.24) is 0 Å². The van der Waals surface area contributed by atoms with Crippen molar-refractivity contribution >= 4 is 39.5 Å². The number of phosphoric ester groups is 2. The summed E-state index contributed by atoms with van der Waals surface area (Å²) in [5, 5.41) is 10.6. The summed E-state index contributed by atoms with van der Waals surface area (Å²) in [5.41, 5.74) is 0. The Balaban J connectivity index is 5.26. The van der Waals surface area contributed by atoms with E-state index in [0.717, 1.165) is 114 Å². The van der Waals surface area contributed by atoms with Crippen LogP contribution >= 0.6 is 15.6 Å². The molecule has 0 aliphatic carbocycles. The summed E-state index contributed by atoms with van der Waals surface area (Å²) in [6, 6.07) is 0. The molecule has 0 rings (SSSR count). The first kappa shape index (κ1) is 87.1. The number of unbranched alkanes of at least 4 members (excludes halogenated alkanes) is 32. The molecule has 19 heteroatoms. The molecule has 0 spiro atoms. The van der Waals surface area contributed by atoms with E-state index in [-0.39, 0.29) is 25.7 Å². The Bertz CT molecular complexity index is 1770. The van der Waals surface area contributed by atoms with E-state index in [1.165, 1.54) is 141 Å². The van der Waals surface area contributed by atoms with E-state index in [0.29, 0.717) is 31.6 Å². The van der Waals surface area contributed by atoms with Gasteiger partial charge in [0.05, 0.1) is 26.4 Å². The van der Waals surface area contributed by atoms with E-state index in [9.17, 15) is 43.2 Å². The van der Waals surface area contributed by atoms with Gasteiger partial charge in [0, 0.05) is 25.7 Å². The number of ether oxygens (including phenoxy) is 4. The molecular weight excluding hydrogens is 1170 g/mol. The van der Waals surface area contributed by atoms with Gasteiger partial charge in [0.2, 0.25) is 0 Å². The molecule has 89 heavy (non-hydrogen) atoms. The van der Waals surface area contributed by atoms with Crippen LogP contribution in [0.3, 0.4) is 0 Å². The van der Waals surface area contributed by atoms with Crippen LogP contribution in [0.4, 0.5) is 0 Å². The SMILES string of the molecule is CCC(C)CCCCCCCCCCC(=O)OC[C@H](COP(=O)(O)OCC(O)COP(=O)(O)OC[C@@H](COC(=O)CCCCCCCCCC(C)C)OC(=O)CCCCCCCCCCCC(C)C)OC(=O)CCCCCCCCCCCCCCC(C)C. The van der Waals surface area contributed by atoms with Crippen molar-refractivity contribution < 1.29 is 80.2 Å². The predicted octanol–water partition coefficient (Wildman–Crippen LogP) is 19.7. The van der Waals surface area contributed by atoms with Crippen molar-refractivity contribution in [3.05, 3.63) is 0 Å². The van der Waals surface area contributed by atoms with Crippen LogP contribution in [0, 0.1) is 23.7 Å². The van der Waals surface area contributed by atoms with Gasteiger partial charge >= 0.3 is 39.5 Å². The van der Waals surface area contributed by atoms with Crippen molar-refractivity contribution in [2.75, 3.05) is 39.6 Å². The Labute approximate surface area is 543 Å². The third-order valence-corrected chi connectivity index (χ3v) is 18.3. The maximum absolute atomic E-state index is 13.0. The van der Waals surface area contributed by atoms with Crippen molar-refractivity contribution in [3.63, 3.8) is 0 Å². The van der Waals surface area contributed by atoms with Crippen LogP contribution in [-0.2, 0) is 65.4 Å². The fourth-order valence-electron chi connectivity index (χ4n) is 10.5. The Kier molecular flexibility index (Phi) is 58.5. The molecule has 17 nitrogen and oxygen atoms in total. The van der Waals surface area contributed by atoms with E-state index < -0.39 is 97.5 Å². The topological polar surface area (TPSA) is 237 Å². The van der Waals surface area contributed by atoms with Crippen LogP contribution in [0.25, 0.3) is 0 Å². The van der Waals surface area contributed by atoms with Gasteiger partial charge in [-0.1, -0.05) is 293 Å². The number of phosphoric acid groups is 2. The van der Waals surface area contributed by atoms with Crippen LogP contribution in [-0.4, -0.2) is 96.7 Å². The van der Waals surface area contributed by atoms with Crippen molar-refractivity contribution in [1.29, 1.82) is 0 Å². The summed E-state index contributed by atoms with van der Waals surface area (Å²) in [6.45, 7) is 14.1. The molecule has 0 amide bonds. The number of carbonyl (C=O) groups is 4. The third kappa shape index (κ3) is 63.2. The van der Waals surface area contributed by atoms with Crippen LogP contribution in [0.2, 0.25) is 0 Å². The molecule has 4 unspecified atom stereocenters. The van der Waals surface area contributed by atoms with E-state index in [1.807, 2.05) is 0 Å². The lowest BCUT2D eigenvalue weighted by atomic mass is 9.99. The van der Waals surface area contributed by atoms with E-state index in [4.69, 9.17) is 37.0 Å². The molecule has 0 saturated heterocycles. The van der Waals surface area contributed by atoms with Gasteiger partial charge < -0.3 is 33.8 Å². The third-order valence-electron chi connectivity index (χ3n) is 16.4. The summed E-state index contributed by atoms with van der Waals surface area (Å²) < 4.78 is 68.3. The molecule has 0 heterocycles. The number of aliphatic hydroxyl groups excluding tert-OH is 1. The van der Waals surface area contributed by atoms with Gasteiger partial charge in [-0.25, -0.2) is 9.13 Å². The lowest BCUT2D eigenvalue weighted by Gasteiger charge is -2.21. The Morgan fingerprint density at radius 1 is 0.315 bits per heavy atom. The quantitative estimate of drug-likeness (QED) is 0.0222. The number of rotatable bonds is 67. The van der Waals surface area contributed by atoms with Gasteiger partial charge in [-0.05, 0) is 49.4 Å². The van der Waals surface area contributed by atoms with Crippen molar-refractivity contribution in [2.24, 2.45) is 23.7 Å². The number of esters is 4. The average molecular weight is 1310 g/mol. The van der Waals surface area contributed by atoms with Crippen LogP contribution in [0.1, 0.15) is 344 Å². The molecule has 0 aromatic heterocycles. The Morgan fingerprint density at radius 2 is 0.539 bits per heavy atom. The smallest absolute Gasteiger partial charge is 0.462 e.